The summed E-state index contributed by atoms with van der Waals surface area (Å²) in [5.41, 5.74) is 8.10. The summed E-state index contributed by atoms with van der Waals surface area (Å²) in [6, 6.07) is 12.1. The summed E-state index contributed by atoms with van der Waals surface area (Å²) >= 11 is 6.02. The van der Waals surface area contributed by atoms with Crippen molar-refractivity contribution in [3.05, 3.63) is 58.6 Å². The van der Waals surface area contributed by atoms with Crippen molar-refractivity contribution in [3.63, 3.8) is 0 Å². The molecule has 0 aromatic heterocycles. The van der Waals surface area contributed by atoms with Gasteiger partial charge in [-0.3, -0.25) is 0 Å². The maximum absolute atomic E-state index is 12.6. The van der Waals surface area contributed by atoms with Gasteiger partial charge in [0.2, 0.25) is 10.0 Å². The van der Waals surface area contributed by atoms with Gasteiger partial charge in [0.25, 0.3) is 0 Å². The van der Waals surface area contributed by atoms with E-state index in [9.17, 15) is 8.42 Å². The molecule has 1 heterocycles. The number of nitrogens with two attached hydrogens (primary N) is 1. The fourth-order valence-corrected chi connectivity index (χ4v) is 4.26. The van der Waals surface area contributed by atoms with Crippen LogP contribution in [0.3, 0.4) is 0 Å². The predicted molar refractivity (Wildman–Crippen MR) is 78.7 cm³/mol. The van der Waals surface area contributed by atoms with Gasteiger partial charge >= 0.3 is 0 Å². The molecule has 0 saturated heterocycles. The molecule has 1 aliphatic rings. The minimum atomic E-state index is -3.61. The molecule has 6 heteroatoms. The second kappa shape index (κ2) is 4.77. The van der Waals surface area contributed by atoms with E-state index in [1.165, 1.54) is 16.4 Å². The van der Waals surface area contributed by atoms with Crippen LogP contribution in [0.25, 0.3) is 0 Å². The molecule has 0 unspecified atom stereocenters. The molecule has 1 aliphatic heterocycles. The van der Waals surface area contributed by atoms with E-state index in [4.69, 9.17) is 17.3 Å². The number of sulfonamides is 1. The SMILES string of the molecule is Nc1ccc(S(=O)(=O)N2Cc3ccccc3C2)c(Cl)c1. The third-order valence-electron chi connectivity index (χ3n) is 3.39. The maximum atomic E-state index is 12.6. The summed E-state index contributed by atoms with van der Waals surface area (Å²) in [5.74, 6) is 0. The average Bonchev–Trinajstić information content (AvgIpc) is 2.82. The van der Waals surface area contributed by atoms with Crippen LogP contribution in [-0.2, 0) is 23.1 Å². The van der Waals surface area contributed by atoms with Gasteiger partial charge < -0.3 is 5.73 Å². The molecule has 0 fully saturated rings. The van der Waals surface area contributed by atoms with E-state index in [1.807, 2.05) is 24.3 Å². The molecule has 4 nitrogen and oxygen atoms in total. The van der Waals surface area contributed by atoms with E-state index in [1.54, 1.807) is 6.07 Å². The van der Waals surface area contributed by atoms with Crippen molar-refractivity contribution in [3.8, 4) is 0 Å². The lowest BCUT2D eigenvalue weighted by atomic mass is 10.1. The third kappa shape index (κ3) is 2.18. The van der Waals surface area contributed by atoms with Crippen molar-refractivity contribution in [2.24, 2.45) is 0 Å². The summed E-state index contributed by atoms with van der Waals surface area (Å²) in [6.45, 7) is 0.748. The van der Waals surface area contributed by atoms with Crippen molar-refractivity contribution in [2.45, 2.75) is 18.0 Å². The summed E-state index contributed by atoms with van der Waals surface area (Å²) < 4.78 is 26.7. The second-order valence-corrected chi connectivity index (χ2v) is 7.05. The molecule has 0 saturated carbocycles. The topological polar surface area (TPSA) is 63.4 Å². The lowest BCUT2D eigenvalue weighted by Gasteiger charge is -2.16. The highest BCUT2D eigenvalue weighted by atomic mass is 35.5. The predicted octanol–water partition coefficient (Wildman–Crippen LogP) is 2.63. The van der Waals surface area contributed by atoms with Crippen LogP contribution < -0.4 is 5.73 Å². The zero-order valence-corrected chi connectivity index (χ0v) is 12.2. The van der Waals surface area contributed by atoms with Crippen LogP contribution in [0.5, 0.6) is 0 Å². The summed E-state index contributed by atoms with van der Waals surface area (Å²) in [6.07, 6.45) is 0. The van der Waals surface area contributed by atoms with E-state index in [2.05, 4.69) is 0 Å². The van der Waals surface area contributed by atoms with E-state index >= 15 is 0 Å². The maximum Gasteiger partial charge on any atom is 0.245 e. The Morgan fingerprint density at radius 2 is 1.65 bits per heavy atom. The van der Waals surface area contributed by atoms with Crippen LogP contribution >= 0.6 is 11.6 Å². The van der Waals surface area contributed by atoms with E-state index < -0.39 is 10.0 Å². The molecule has 0 radical (unpaired) electrons. The third-order valence-corrected chi connectivity index (χ3v) is 5.66. The fourth-order valence-electron chi connectivity index (χ4n) is 2.34. The van der Waals surface area contributed by atoms with Gasteiger partial charge in [-0.1, -0.05) is 35.9 Å². The van der Waals surface area contributed by atoms with E-state index in [0.717, 1.165) is 11.1 Å². The second-order valence-electron chi connectivity index (χ2n) is 4.73. The quantitative estimate of drug-likeness (QED) is 0.867. The van der Waals surface area contributed by atoms with Crippen molar-refractivity contribution < 1.29 is 8.42 Å². The Morgan fingerprint density at radius 3 is 2.20 bits per heavy atom. The van der Waals surface area contributed by atoms with Gasteiger partial charge in [-0.05, 0) is 29.3 Å². The molecule has 20 heavy (non-hydrogen) atoms. The first-order valence-corrected chi connectivity index (χ1v) is 7.92. The van der Waals surface area contributed by atoms with E-state index in [0.29, 0.717) is 18.8 Å². The minimum Gasteiger partial charge on any atom is -0.399 e. The van der Waals surface area contributed by atoms with Gasteiger partial charge in [0.1, 0.15) is 4.90 Å². The highest BCUT2D eigenvalue weighted by Gasteiger charge is 2.31. The molecule has 3 rings (SSSR count). The molecule has 2 aromatic carbocycles. The number of nitrogen functional groups attached to an aromatic ring is 1. The van der Waals surface area contributed by atoms with Gasteiger partial charge in [0.15, 0.2) is 0 Å². The van der Waals surface area contributed by atoms with Crippen LogP contribution in [0.15, 0.2) is 47.4 Å². The molecule has 0 amide bonds. The largest absolute Gasteiger partial charge is 0.399 e. The monoisotopic (exact) mass is 308 g/mol. The Kier molecular flexibility index (Phi) is 3.20. The van der Waals surface area contributed by atoms with Gasteiger partial charge in [-0.2, -0.15) is 4.31 Å². The Morgan fingerprint density at radius 1 is 1.05 bits per heavy atom. The first-order chi connectivity index (χ1) is 9.48. The normalized spacial score (nSPS) is 15.2. The number of benzene rings is 2. The Bertz CT molecular complexity index is 749. The average molecular weight is 309 g/mol. The summed E-state index contributed by atoms with van der Waals surface area (Å²) in [7, 11) is -3.61. The highest BCUT2D eigenvalue weighted by molar-refractivity contribution is 7.89. The number of rotatable bonds is 2. The number of nitrogens with zero attached hydrogens (tertiary/aromatic N) is 1. The molecule has 104 valence electrons. The molecule has 0 bridgehead atoms. The van der Waals surface area contributed by atoms with E-state index in [-0.39, 0.29) is 9.92 Å². The Labute approximate surface area is 122 Å². The number of anilines is 1. The van der Waals surface area contributed by atoms with Gasteiger partial charge in [0.05, 0.1) is 5.02 Å². The summed E-state index contributed by atoms with van der Waals surface area (Å²) in [4.78, 5) is 0.0983. The first kappa shape index (κ1) is 13.4. The molecule has 0 aliphatic carbocycles. The van der Waals surface area contributed by atoms with Crippen molar-refractivity contribution in [1.82, 2.24) is 4.31 Å². The molecular formula is C14H13ClN2O2S. The van der Waals surface area contributed by atoms with Gasteiger partial charge in [-0.25, -0.2) is 8.42 Å². The van der Waals surface area contributed by atoms with Crippen molar-refractivity contribution in [1.29, 1.82) is 0 Å². The van der Waals surface area contributed by atoms with Crippen molar-refractivity contribution >= 4 is 27.3 Å². The van der Waals surface area contributed by atoms with Crippen LogP contribution in [0.4, 0.5) is 5.69 Å². The number of halogens is 1. The zero-order chi connectivity index (χ0) is 14.3. The number of hydrogen-bond donors (Lipinski definition) is 1. The van der Waals surface area contributed by atoms with Crippen LogP contribution in [-0.4, -0.2) is 12.7 Å². The van der Waals surface area contributed by atoms with Gasteiger partial charge in [0, 0.05) is 18.8 Å². The Balaban J connectivity index is 1.99. The molecule has 2 aromatic rings. The number of hydrogen-bond acceptors (Lipinski definition) is 3. The Hall–Kier alpha value is -1.56. The molecule has 0 atom stereocenters. The highest BCUT2D eigenvalue weighted by Crippen LogP contribution is 2.32. The molecular weight excluding hydrogens is 296 g/mol. The lowest BCUT2D eigenvalue weighted by molar-refractivity contribution is 0.431. The molecule has 2 N–H and O–H groups in total. The first-order valence-electron chi connectivity index (χ1n) is 6.10. The molecule has 0 spiro atoms. The number of fused-ring (bicyclic) bond motifs is 1. The van der Waals surface area contributed by atoms with Gasteiger partial charge in [-0.15, -0.1) is 0 Å². The fraction of sp³-hybridized carbons (Fsp3) is 0.143. The van der Waals surface area contributed by atoms with Crippen LogP contribution in [0.1, 0.15) is 11.1 Å². The summed E-state index contributed by atoms with van der Waals surface area (Å²) in [5, 5.41) is 0.154. The smallest absolute Gasteiger partial charge is 0.245 e. The lowest BCUT2D eigenvalue weighted by Crippen LogP contribution is -2.25. The van der Waals surface area contributed by atoms with Crippen molar-refractivity contribution in [2.75, 3.05) is 5.73 Å². The van der Waals surface area contributed by atoms with Crippen LogP contribution in [0, 0.1) is 0 Å². The van der Waals surface area contributed by atoms with Crippen LogP contribution in [0.2, 0.25) is 5.02 Å². The zero-order valence-electron chi connectivity index (χ0n) is 10.6. The minimum absolute atomic E-state index is 0.0983. The standard InChI is InChI=1S/C14H13ClN2O2S/c15-13-7-12(16)5-6-14(13)20(18,19)17-8-10-3-1-2-4-11(10)9-17/h1-7H,8-9,16H2.